The number of aliphatic hydroxyl groups excluding tert-OH is 1. The molecule has 0 bridgehead atoms. The van der Waals surface area contributed by atoms with Crippen LogP contribution in [0.2, 0.25) is 0 Å². The first kappa shape index (κ1) is 14.0. The molecule has 0 aliphatic heterocycles. The van der Waals surface area contributed by atoms with Crippen molar-refractivity contribution in [3.63, 3.8) is 0 Å². The molecule has 4 nitrogen and oxygen atoms in total. The van der Waals surface area contributed by atoms with E-state index >= 15 is 0 Å². The van der Waals surface area contributed by atoms with Crippen LogP contribution in [-0.4, -0.2) is 29.1 Å². The summed E-state index contributed by atoms with van der Waals surface area (Å²) in [7, 11) is 0. The average Bonchev–Trinajstić information content (AvgIpc) is 2.49. The van der Waals surface area contributed by atoms with Crippen molar-refractivity contribution in [3.05, 3.63) is 42.1 Å². The Hall–Kier alpha value is -1.94. The number of aliphatic hydroxyl groups is 1. The Balaban J connectivity index is 1.75. The van der Waals surface area contributed by atoms with E-state index in [9.17, 15) is 4.79 Å². The minimum absolute atomic E-state index is 0.0576. The third kappa shape index (κ3) is 2.76. The van der Waals surface area contributed by atoms with E-state index in [4.69, 9.17) is 5.11 Å². The number of aromatic nitrogens is 1. The average molecular weight is 284 g/mol. The first-order valence-electron chi connectivity index (χ1n) is 7.47. The molecule has 1 aliphatic rings. The van der Waals surface area contributed by atoms with Gasteiger partial charge in [0.1, 0.15) is 0 Å². The lowest BCUT2D eigenvalue weighted by Crippen LogP contribution is -2.42. The van der Waals surface area contributed by atoms with E-state index in [-0.39, 0.29) is 17.9 Å². The highest BCUT2D eigenvalue weighted by Crippen LogP contribution is 2.43. The van der Waals surface area contributed by atoms with E-state index < -0.39 is 0 Å². The second-order valence-electron chi connectivity index (χ2n) is 5.89. The molecule has 1 aromatic heterocycles. The fourth-order valence-corrected chi connectivity index (χ4v) is 3.09. The Morgan fingerprint density at radius 3 is 2.86 bits per heavy atom. The maximum atomic E-state index is 12.4. The topological polar surface area (TPSA) is 62.2 Å². The highest BCUT2D eigenvalue weighted by Gasteiger charge is 2.36. The number of carbonyl (C=O) groups excluding carboxylic acids is 1. The highest BCUT2D eigenvalue weighted by atomic mass is 16.3. The van der Waals surface area contributed by atoms with Crippen LogP contribution in [0.1, 0.15) is 36.0 Å². The molecule has 0 unspecified atom stereocenters. The molecule has 0 spiro atoms. The zero-order valence-electron chi connectivity index (χ0n) is 12.0. The van der Waals surface area contributed by atoms with Gasteiger partial charge in [0.25, 0.3) is 5.91 Å². The lowest BCUT2D eigenvalue weighted by atomic mass is 9.67. The number of pyridine rings is 1. The number of carbonyl (C=O) groups is 1. The van der Waals surface area contributed by atoms with E-state index in [1.54, 1.807) is 6.20 Å². The molecule has 0 saturated heterocycles. The van der Waals surface area contributed by atoms with Crippen molar-refractivity contribution in [1.82, 2.24) is 10.3 Å². The Morgan fingerprint density at radius 1 is 1.29 bits per heavy atom. The summed E-state index contributed by atoms with van der Waals surface area (Å²) in [6.07, 6.45) is 5.86. The van der Waals surface area contributed by atoms with Gasteiger partial charge in [0.2, 0.25) is 0 Å². The van der Waals surface area contributed by atoms with Gasteiger partial charge in [0.15, 0.2) is 0 Å². The third-order valence-corrected chi connectivity index (χ3v) is 4.57. The number of hydrogen-bond acceptors (Lipinski definition) is 3. The van der Waals surface area contributed by atoms with Gasteiger partial charge >= 0.3 is 0 Å². The molecule has 1 aliphatic carbocycles. The lowest BCUT2D eigenvalue weighted by molar-refractivity contribution is 0.0733. The predicted octanol–water partition coefficient (Wildman–Crippen LogP) is 2.52. The largest absolute Gasteiger partial charge is 0.396 e. The molecule has 0 radical (unpaired) electrons. The molecule has 110 valence electrons. The summed E-state index contributed by atoms with van der Waals surface area (Å²) >= 11 is 0. The molecule has 1 saturated carbocycles. The first-order chi connectivity index (χ1) is 10.2. The van der Waals surface area contributed by atoms with Gasteiger partial charge in [-0.05, 0) is 42.9 Å². The van der Waals surface area contributed by atoms with Crippen LogP contribution in [0, 0.1) is 5.41 Å². The molecule has 1 heterocycles. The molecule has 2 aromatic rings. The number of nitrogens with one attached hydrogen (secondary N) is 1. The molecule has 21 heavy (non-hydrogen) atoms. The Morgan fingerprint density at radius 2 is 2.14 bits per heavy atom. The molecular formula is C17H20N2O2. The van der Waals surface area contributed by atoms with Crippen LogP contribution in [0.3, 0.4) is 0 Å². The zero-order valence-corrected chi connectivity index (χ0v) is 12.0. The number of rotatable bonds is 5. The summed E-state index contributed by atoms with van der Waals surface area (Å²) in [5.74, 6) is -0.0576. The molecular weight excluding hydrogens is 264 g/mol. The Bertz CT molecular complexity index is 645. The van der Waals surface area contributed by atoms with Crippen molar-refractivity contribution in [2.45, 2.75) is 25.7 Å². The fraction of sp³-hybridized carbons (Fsp3) is 0.412. The molecule has 1 amide bonds. The molecule has 2 N–H and O–H groups in total. The van der Waals surface area contributed by atoms with Crippen molar-refractivity contribution >= 4 is 16.8 Å². The number of hydrogen-bond donors (Lipinski definition) is 2. The normalized spacial score (nSPS) is 16.4. The van der Waals surface area contributed by atoms with Crippen LogP contribution in [0.25, 0.3) is 10.9 Å². The van der Waals surface area contributed by atoms with Crippen molar-refractivity contribution in [2.75, 3.05) is 13.2 Å². The Kier molecular flexibility index (Phi) is 3.88. The van der Waals surface area contributed by atoms with Crippen LogP contribution in [0.15, 0.2) is 36.5 Å². The number of nitrogens with zero attached hydrogens (tertiary/aromatic N) is 1. The van der Waals surface area contributed by atoms with E-state index in [0.29, 0.717) is 12.1 Å². The van der Waals surface area contributed by atoms with Gasteiger partial charge in [-0.1, -0.05) is 18.6 Å². The van der Waals surface area contributed by atoms with Crippen LogP contribution >= 0.6 is 0 Å². The second-order valence-corrected chi connectivity index (χ2v) is 5.89. The van der Waals surface area contributed by atoms with Gasteiger partial charge in [-0.2, -0.15) is 0 Å². The minimum Gasteiger partial charge on any atom is -0.396 e. The SMILES string of the molecule is O=C(NCC1(CCO)CCC1)c1cccc2ncccc12. The lowest BCUT2D eigenvalue weighted by Gasteiger charge is -2.41. The van der Waals surface area contributed by atoms with E-state index in [2.05, 4.69) is 10.3 Å². The third-order valence-electron chi connectivity index (χ3n) is 4.57. The maximum Gasteiger partial charge on any atom is 0.251 e. The molecule has 1 fully saturated rings. The number of amides is 1. The van der Waals surface area contributed by atoms with Gasteiger partial charge in [0, 0.05) is 30.3 Å². The Labute approximate surface area is 124 Å². The number of benzene rings is 1. The van der Waals surface area contributed by atoms with Crippen LogP contribution < -0.4 is 5.32 Å². The maximum absolute atomic E-state index is 12.4. The van der Waals surface area contributed by atoms with Gasteiger partial charge in [-0.3, -0.25) is 9.78 Å². The van der Waals surface area contributed by atoms with Crippen LogP contribution in [0.4, 0.5) is 0 Å². The van der Waals surface area contributed by atoms with Gasteiger partial charge < -0.3 is 10.4 Å². The fourth-order valence-electron chi connectivity index (χ4n) is 3.09. The summed E-state index contributed by atoms with van der Waals surface area (Å²) in [5.41, 5.74) is 1.60. The van der Waals surface area contributed by atoms with Crippen LogP contribution in [-0.2, 0) is 0 Å². The molecule has 0 atom stereocenters. The standard InChI is InChI=1S/C17H20N2O2/c20-11-9-17(7-3-8-17)12-19-16(21)14-4-1-6-15-13(14)5-2-10-18-15/h1-2,4-6,10,20H,3,7-9,11-12H2,(H,19,21). The highest BCUT2D eigenvalue weighted by molar-refractivity contribution is 6.06. The van der Waals surface area contributed by atoms with E-state index in [0.717, 1.165) is 30.2 Å². The van der Waals surface area contributed by atoms with Crippen molar-refractivity contribution in [2.24, 2.45) is 5.41 Å². The summed E-state index contributed by atoms with van der Waals surface area (Å²) in [6, 6.07) is 9.36. The van der Waals surface area contributed by atoms with Crippen molar-refractivity contribution in [1.29, 1.82) is 0 Å². The summed E-state index contributed by atoms with van der Waals surface area (Å²) in [5, 5.41) is 13.1. The quantitative estimate of drug-likeness (QED) is 0.887. The number of fused-ring (bicyclic) bond motifs is 1. The minimum atomic E-state index is -0.0576. The molecule has 1 aromatic carbocycles. The second kappa shape index (κ2) is 5.82. The first-order valence-corrected chi connectivity index (χ1v) is 7.47. The van der Waals surface area contributed by atoms with Gasteiger partial charge in [-0.15, -0.1) is 0 Å². The summed E-state index contributed by atoms with van der Waals surface area (Å²) in [6.45, 7) is 0.830. The van der Waals surface area contributed by atoms with Crippen molar-refractivity contribution in [3.8, 4) is 0 Å². The summed E-state index contributed by atoms with van der Waals surface area (Å²) < 4.78 is 0. The molecule has 4 heteroatoms. The van der Waals surface area contributed by atoms with Gasteiger partial charge in [0.05, 0.1) is 5.52 Å². The smallest absolute Gasteiger partial charge is 0.251 e. The predicted molar refractivity (Wildman–Crippen MR) is 82.1 cm³/mol. The zero-order chi connectivity index (χ0) is 14.7. The van der Waals surface area contributed by atoms with E-state index in [1.165, 1.54) is 6.42 Å². The van der Waals surface area contributed by atoms with E-state index in [1.807, 2.05) is 30.3 Å². The monoisotopic (exact) mass is 284 g/mol. The van der Waals surface area contributed by atoms with Crippen molar-refractivity contribution < 1.29 is 9.90 Å². The molecule has 3 rings (SSSR count). The summed E-state index contributed by atoms with van der Waals surface area (Å²) in [4.78, 5) is 16.7. The van der Waals surface area contributed by atoms with Crippen LogP contribution in [0.5, 0.6) is 0 Å². The van der Waals surface area contributed by atoms with Gasteiger partial charge in [-0.25, -0.2) is 0 Å².